The third kappa shape index (κ3) is 2.10. The number of carboxylic acid groups (broad SMARTS) is 1. The van der Waals surface area contributed by atoms with Gasteiger partial charge in [0.25, 0.3) is 0 Å². The summed E-state index contributed by atoms with van der Waals surface area (Å²) in [6.45, 7) is 10.7. The van der Waals surface area contributed by atoms with E-state index in [0.717, 1.165) is 25.7 Å². The lowest BCUT2D eigenvalue weighted by Crippen LogP contribution is -2.53. The maximum atomic E-state index is 11.9. The van der Waals surface area contributed by atoms with Crippen LogP contribution in [0.25, 0.3) is 0 Å². The van der Waals surface area contributed by atoms with Crippen LogP contribution in [0.15, 0.2) is 24.3 Å². The zero-order valence-electron chi connectivity index (χ0n) is 14.3. The van der Waals surface area contributed by atoms with Crippen molar-refractivity contribution in [1.29, 1.82) is 0 Å². The molecular formula is C20H30O2. The van der Waals surface area contributed by atoms with Gasteiger partial charge >= 0.3 is 5.97 Å². The van der Waals surface area contributed by atoms with Crippen molar-refractivity contribution in [3.05, 3.63) is 24.3 Å². The molecule has 2 fully saturated rings. The van der Waals surface area contributed by atoms with Crippen molar-refractivity contribution in [2.45, 2.75) is 65.7 Å². The number of carboxylic acids is 1. The highest BCUT2D eigenvalue weighted by Gasteiger charge is 2.58. The van der Waals surface area contributed by atoms with Gasteiger partial charge in [-0.3, -0.25) is 4.79 Å². The first-order valence-electron chi connectivity index (χ1n) is 8.81. The molecule has 1 N–H and O–H groups in total. The van der Waals surface area contributed by atoms with E-state index in [0.29, 0.717) is 5.92 Å². The van der Waals surface area contributed by atoms with Crippen LogP contribution in [0.5, 0.6) is 0 Å². The van der Waals surface area contributed by atoms with Gasteiger partial charge in [0.2, 0.25) is 0 Å². The fourth-order valence-corrected chi connectivity index (χ4v) is 5.86. The van der Waals surface area contributed by atoms with Crippen molar-refractivity contribution in [3.63, 3.8) is 0 Å². The van der Waals surface area contributed by atoms with Gasteiger partial charge < -0.3 is 5.11 Å². The lowest BCUT2D eigenvalue weighted by molar-refractivity contribution is -0.163. The second-order valence-electron chi connectivity index (χ2n) is 8.78. The highest BCUT2D eigenvalue weighted by molar-refractivity contribution is 5.75. The Kier molecular flexibility index (Phi) is 3.58. The van der Waals surface area contributed by atoms with Crippen LogP contribution in [0.1, 0.15) is 65.7 Å². The molecule has 0 amide bonds. The molecule has 122 valence electrons. The molecule has 0 heterocycles. The number of carbonyl (C=O) groups is 1. The highest BCUT2D eigenvalue weighted by Crippen LogP contribution is 2.63. The van der Waals surface area contributed by atoms with Gasteiger partial charge in [-0.15, -0.1) is 6.58 Å². The summed E-state index contributed by atoms with van der Waals surface area (Å²) in [5.41, 5.74) is 1.43. The topological polar surface area (TPSA) is 37.3 Å². The van der Waals surface area contributed by atoms with Crippen molar-refractivity contribution in [3.8, 4) is 0 Å². The fourth-order valence-electron chi connectivity index (χ4n) is 5.86. The van der Waals surface area contributed by atoms with E-state index >= 15 is 0 Å². The summed E-state index contributed by atoms with van der Waals surface area (Å²) in [7, 11) is 0. The molecule has 0 aromatic rings. The second kappa shape index (κ2) is 4.97. The van der Waals surface area contributed by atoms with E-state index in [4.69, 9.17) is 0 Å². The number of fused-ring (bicyclic) bond motifs is 3. The molecule has 22 heavy (non-hydrogen) atoms. The SMILES string of the molecule is C=C[C@]1(C)CCC2C(=CCC3[C@]2(C)CCC[C@]3(C)C(=O)O)C1. The average Bonchev–Trinajstić information content (AvgIpc) is 2.46. The van der Waals surface area contributed by atoms with Gasteiger partial charge in [0.15, 0.2) is 0 Å². The average molecular weight is 302 g/mol. The van der Waals surface area contributed by atoms with E-state index in [9.17, 15) is 9.90 Å². The third-order valence-electron chi connectivity index (χ3n) is 7.43. The van der Waals surface area contributed by atoms with E-state index in [1.807, 2.05) is 6.92 Å². The normalized spacial score (nSPS) is 47.9. The summed E-state index contributed by atoms with van der Waals surface area (Å²) in [6, 6.07) is 0. The molecule has 3 aliphatic rings. The monoisotopic (exact) mass is 302 g/mol. The summed E-state index contributed by atoms with van der Waals surface area (Å²) >= 11 is 0. The third-order valence-corrected chi connectivity index (χ3v) is 7.43. The molecule has 3 aliphatic carbocycles. The summed E-state index contributed by atoms with van der Waals surface area (Å²) in [6.07, 6.45) is 12.0. The van der Waals surface area contributed by atoms with Crippen molar-refractivity contribution in [2.24, 2.45) is 28.1 Å². The first kappa shape index (κ1) is 15.8. The Morgan fingerprint density at radius 1 is 1.32 bits per heavy atom. The van der Waals surface area contributed by atoms with Gasteiger partial charge in [0, 0.05) is 0 Å². The molecule has 0 bridgehead atoms. The van der Waals surface area contributed by atoms with Crippen molar-refractivity contribution >= 4 is 5.97 Å². The van der Waals surface area contributed by atoms with Gasteiger partial charge in [-0.2, -0.15) is 0 Å². The number of aliphatic carboxylic acids is 1. The van der Waals surface area contributed by atoms with Crippen LogP contribution in [-0.2, 0) is 4.79 Å². The highest BCUT2D eigenvalue weighted by atomic mass is 16.4. The Morgan fingerprint density at radius 2 is 2.05 bits per heavy atom. The van der Waals surface area contributed by atoms with Crippen molar-refractivity contribution in [2.75, 3.05) is 0 Å². The zero-order chi connectivity index (χ0) is 16.2. The van der Waals surface area contributed by atoms with Crippen molar-refractivity contribution < 1.29 is 9.90 Å². The molecule has 0 spiro atoms. The molecule has 5 atom stereocenters. The van der Waals surface area contributed by atoms with Crippen LogP contribution in [0.3, 0.4) is 0 Å². The second-order valence-corrected chi connectivity index (χ2v) is 8.78. The van der Waals surface area contributed by atoms with Crippen LogP contribution in [0.2, 0.25) is 0 Å². The van der Waals surface area contributed by atoms with Crippen LogP contribution >= 0.6 is 0 Å². The van der Waals surface area contributed by atoms with Gasteiger partial charge in [0.05, 0.1) is 5.41 Å². The molecular weight excluding hydrogens is 272 g/mol. The first-order valence-corrected chi connectivity index (χ1v) is 8.81. The summed E-state index contributed by atoms with van der Waals surface area (Å²) in [5.74, 6) is 0.276. The van der Waals surface area contributed by atoms with E-state index in [1.54, 1.807) is 5.57 Å². The van der Waals surface area contributed by atoms with E-state index in [2.05, 4.69) is 32.6 Å². The Hall–Kier alpha value is -1.05. The molecule has 0 aromatic carbocycles. The maximum Gasteiger partial charge on any atom is 0.309 e. The maximum absolute atomic E-state index is 11.9. The van der Waals surface area contributed by atoms with Crippen LogP contribution in [0, 0.1) is 28.1 Å². The minimum absolute atomic E-state index is 0.165. The molecule has 0 saturated heterocycles. The summed E-state index contributed by atoms with van der Waals surface area (Å²) in [4.78, 5) is 11.9. The Labute approximate surface area is 134 Å². The smallest absolute Gasteiger partial charge is 0.309 e. The minimum atomic E-state index is -0.591. The molecule has 0 radical (unpaired) electrons. The molecule has 2 nitrogen and oxygen atoms in total. The van der Waals surface area contributed by atoms with Gasteiger partial charge in [-0.1, -0.05) is 38.0 Å². The summed E-state index contributed by atoms with van der Waals surface area (Å²) in [5, 5.41) is 9.83. The van der Waals surface area contributed by atoms with Gasteiger partial charge in [0.1, 0.15) is 0 Å². The quantitative estimate of drug-likeness (QED) is 0.711. The largest absolute Gasteiger partial charge is 0.481 e. The van der Waals surface area contributed by atoms with Gasteiger partial charge in [-0.05, 0) is 68.1 Å². The predicted octanol–water partition coefficient (Wildman–Crippen LogP) is 5.21. The van der Waals surface area contributed by atoms with Crippen LogP contribution in [-0.4, -0.2) is 11.1 Å². The number of rotatable bonds is 2. The zero-order valence-corrected chi connectivity index (χ0v) is 14.3. The van der Waals surface area contributed by atoms with Gasteiger partial charge in [-0.25, -0.2) is 0 Å². The Morgan fingerprint density at radius 3 is 2.68 bits per heavy atom. The molecule has 0 aliphatic heterocycles. The molecule has 2 saturated carbocycles. The number of allylic oxidation sites excluding steroid dienone is 3. The first-order chi connectivity index (χ1) is 10.3. The Bertz CT molecular complexity index is 534. The van der Waals surface area contributed by atoms with E-state index in [1.165, 1.54) is 19.3 Å². The van der Waals surface area contributed by atoms with Crippen LogP contribution < -0.4 is 0 Å². The molecule has 3 rings (SSSR count). The molecule has 2 heteroatoms. The van der Waals surface area contributed by atoms with E-state index < -0.39 is 11.4 Å². The Balaban J connectivity index is 1.98. The van der Waals surface area contributed by atoms with Crippen molar-refractivity contribution in [1.82, 2.24) is 0 Å². The summed E-state index contributed by atoms with van der Waals surface area (Å²) < 4.78 is 0. The lowest BCUT2D eigenvalue weighted by atomic mass is 9.45. The standard InChI is InChI=1S/C20H30O2/c1-5-18(2)12-9-15-14(13-18)7-8-16-19(15,3)10-6-11-20(16,4)17(21)22/h5,7,15-16H,1,6,8-13H2,2-4H3,(H,21,22)/t15?,16?,18-,19-,20+/m1/s1. The number of hydrogen-bond acceptors (Lipinski definition) is 1. The van der Waals surface area contributed by atoms with E-state index in [-0.39, 0.29) is 16.7 Å². The lowest BCUT2D eigenvalue weighted by Gasteiger charge is -2.58. The van der Waals surface area contributed by atoms with Crippen LogP contribution in [0.4, 0.5) is 0 Å². The molecule has 0 aromatic heterocycles. The molecule has 2 unspecified atom stereocenters. The minimum Gasteiger partial charge on any atom is -0.481 e. The number of hydrogen-bond donors (Lipinski definition) is 1. The predicted molar refractivity (Wildman–Crippen MR) is 89.5 cm³/mol. The fraction of sp³-hybridized carbons (Fsp3) is 0.750.